The molecule has 1 heterocycles. The molecule has 1 aliphatic heterocycles. The number of rotatable bonds is 5. The summed E-state index contributed by atoms with van der Waals surface area (Å²) >= 11 is 6.13. The fraction of sp³-hybridized carbons (Fsp3) is 0.562. The number of carbonyl (C=O) groups excluding carboxylic acids is 1. The van der Waals surface area contributed by atoms with Gasteiger partial charge in [-0.2, -0.15) is 0 Å². The third-order valence-electron chi connectivity index (χ3n) is 4.17. The van der Waals surface area contributed by atoms with E-state index in [-0.39, 0.29) is 11.3 Å². The lowest BCUT2D eigenvalue weighted by Crippen LogP contribution is -2.47. The van der Waals surface area contributed by atoms with Crippen molar-refractivity contribution in [2.45, 2.75) is 39.2 Å². The summed E-state index contributed by atoms with van der Waals surface area (Å²) < 4.78 is 0. The molecule has 2 N–H and O–H groups in total. The molecule has 1 amide bonds. The van der Waals surface area contributed by atoms with E-state index in [0.29, 0.717) is 11.6 Å². The number of carbonyl (C=O) groups is 1. The van der Waals surface area contributed by atoms with Gasteiger partial charge in [0.2, 0.25) is 5.91 Å². The number of hydrogen-bond donors (Lipinski definition) is 2. The predicted octanol–water partition coefficient (Wildman–Crippen LogP) is 3.13. The van der Waals surface area contributed by atoms with E-state index in [4.69, 9.17) is 11.6 Å². The molecule has 0 saturated carbocycles. The van der Waals surface area contributed by atoms with E-state index in [1.165, 1.54) is 0 Å². The van der Waals surface area contributed by atoms with Crippen molar-refractivity contribution in [3.63, 3.8) is 0 Å². The molecule has 0 aromatic heterocycles. The molecule has 2 rings (SSSR count). The second-order valence-electron chi connectivity index (χ2n) is 5.55. The van der Waals surface area contributed by atoms with Crippen molar-refractivity contribution >= 4 is 17.5 Å². The van der Waals surface area contributed by atoms with Crippen molar-refractivity contribution in [1.82, 2.24) is 10.6 Å². The highest BCUT2D eigenvalue weighted by Gasteiger charge is 2.38. The van der Waals surface area contributed by atoms with E-state index in [9.17, 15) is 4.79 Å². The molecule has 110 valence electrons. The van der Waals surface area contributed by atoms with Crippen LogP contribution in [0.5, 0.6) is 0 Å². The van der Waals surface area contributed by atoms with Crippen LogP contribution in [0.1, 0.15) is 38.2 Å². The van der Waals surface area contributed by atoms with Crippen molar-refractivity contribution < 1.29 is 4.79 Å². The van der Waals surface area contributed by atoms with Crippen molar-refractivity contribution in [3.8, 4) is 0 Å². The third kappa shape index (κ3) is 3.53. The van der Waals surface area contributed by atoms with Gasteiger partial charge in [-0.05, 0) is 44.0 Å². The maximum absolute atomic E-state index is 12.6. The topological polar surface area (TPSA) is 41.1 Å². The van der Waals surface area contributed by atoms with Gasteiger partial charge in [-0.25, -0.2) is 0 Å². The number of nitrogens with one attached hydrogen (secondary N) is 2. The Hall–Kier alpha value is -1.06. The van der Waals surface area contributed by atoms with Crippen LogP contribution in [0.15, 0.2) is 24.3 Å². The molecule has 0 atom stereocenters. The van der Waals surface area contributed by atoms with Gasteiger partial charge in [-0.1, -0.05) is 43.1 Å². The molecule has 0 spiro atoms. The SMILES string of the molecule is CCCC1(C(=O)NCc2ccccc2Cl)CCNCC1. The molecule has 0 aliphatic carbocycles. The number of hydrogen-bond acceptors (Lipinski definition) is 2. The molecule has 0 radical (unpaired) electrons. The summed E-state index contributed by atoms with van der Waals surface area (Å²) in [6.45, 7) is 4.52. The summed E-state index contributed by atoms with van der Waals surface area (Å²) in [6.07, 6.45) is 3.85. The van der Waals surface area contributed by atoms with Gasteiger partial charge in [-0.15, -0.1) is 0 Å². The van der Waals surface area contributed by atoms with Gasteiger partial charge in [0.1, 0.15) is 0 Å². The van der Waals surface area contributed by atoms with Crippen molar-refractivity contribution in [1.29, 1.82) is 0 Å². The summed E-state index contributed by atoms with van der Waals surface area (Å²) in [5.74, 6) is 0.181. The molecule has 1 aromatic carbocycles. The zero-order chi connectivity index (χ0) is 14.4. The van der Waals surface area contributed by atoms with Gasteiger partial charge in [0.05, 0.1) is 5.41 Å². The zero-order valence-electron chi connectivity index (χ0n) is 12.0. The highest BCUT2D eigenvalue weighted by molar-refractivity contribution is 6.31. The number of benzene rings is 1. The predicted molar refractivity (Wildman–Crippen MR) is 82.7 cm³/mol. The van der Waals surface area contributed by atoms with Crippen molar-refractivity contribution in [2.75, 3.05) is 13.1 Å². The second-order valence-corrected chi connectivity index (χ2v) is 5.96. The van der Waals surface area contributed by atoms with E-state index in [1.807, 2.05) is 24.3 Å². The Labute approximate surface area is 126 Å². The maximum atomic E-state index is 12.6. The first kappa shape index (κ1) is 15.3. The number of halogens is 1. The maximum Gasteiger partial charge on any atom is 0.226 e. The van der Waals surface area contributed by atoms with Crippen LogP contribution in [0.2, 0.25) is 5.02 Å². The summed E-state index contributed by atoms with van der Waals surface area (Å²) in [7, 11) is 0. The first-order valence-electron chi connectivity index (χ1n) is 7.40. The van der Waals surface area contributed by atoms with Gasteiger partial charge in [0, 0.05) is 11.6 Å². The molecule has 1 aromatic rings. The number of amides is 1. The van der Waals surface area contributed by atoms with Gasteiger partial charge in [0.15, 0.2) is 0 Å². The van der Waals surface area contributed by atoms with Gasteiger partial charge in [0.25, 0.3) is 0 Å². The fourth-order valence-corrected chi connectivity index (χ4v) is 3.18. The zero-order valence-corrected chi connectivity index (χ0v) is 12.8. The average molecular weight is 295 g/mol. The molecule has 1 fully saturated rings. The van der Waals surface area contributed by atoms with Crippen LogP contribution in [0.25, 0.3) is 0 Å². The normalized spacial score (nSPS) is 17.7. The van der Waals surface area contributed by atoms with Gasteiger partial charge < -0.3 is 10.6 Å². The Kier molecular flexibility index (Phi) is 5.44. The van der Waals surface area contributed by atoms with Gasteiger partial charge in [-0.3, -0.25) is 4.79 Å². The van der Waals surface area contributed by atoms with E-state index in [1.54, 1.807) is 0 Å². The first-order valence-corrected chi connectivity index (χ1v) is 7.78. The second kappa shape index (κ2) is 7.09. The standard InChI is InChI=1S/C16H23ClN2O/c1-2-7-16(8-10-18-11-9-16)15(20)19-12-13-5-3-4-6-14(13)17/h3-6,18H,2,7-12H2,1H3,(H,19,20). The van der Waals surface area contributed by atoms with Crippen molar-refractivity contribution in [2.24, 2.45) is 5.41 Å². The Morgan fingerprint density at radius 2 is 2.05 bits per heavy atom. The van der Waals surface area contributed by atoms with Crippen LogP contribution in [-0.4, -0.2) is 19.0 Å². The average Bonchev–Trinajstić information content (AvgIpc) is 2.47. The monoisotopic (exact) mass is 294 g/mol. The van der Waals surface area contributed by atoms with Crippen LogP contribution in [0.4, 0.5) is 0 Å². The number of piperidine rings is 1. The largest absolute Gasteiger partial charge is 0.351 e. The minimum absolute atomic E-state index is 0.181. The van der Waals surface area contributed by atoms with Crippen LogP contribution >= 0.6 is 11.6 Å². The Morgan fingerprint density at radius 1 is 1.35 bits per heavy atom. The third-order valence-corrected chi connectivity index (χ3v) is 4.54. The van der Waals surface area contributed by atoms with E-state index < -0.39 is 0 Å². The molecular weight excluding hydrogens is 272 g/mol. The van der Waals surface area contributed by atoms with E-state index >= 15 is 0 Å². The molecule has 3 nitrogen and oxygen atoms in total. The van der Waals surface area contributed by atoms with Crippen LogP contribution in [-0.2, 0) is 11.3 Å². The fourth-order valence-electron chi connectivity index (χ4n) is 2.98. The van der Waals surface area contributed by atoms with Crippen molar-refractivity contribution in [3.05, 3.63) is 34.9 Å². The molecule has 20 heavy (non-hydrogen) atoms. The van der Waals surface area contributed by atoms with Crippen LogP contribution < -0.4 is 10.6 Å². The summed E-state index contributed by atoms with van der Waals surface area (Å²) in [5.41, 5.74) is 0.782. The van der Waals surface area contributed by atoms with Crippen LogP contribution in [0.3, 0.4) is 0 Å². The summed E-state index contributed by atoms with van der Waals surface area (Å²) in [4.78, 5) is 12.6. The van der Waals surface area contributed by atoms with Gasteiger partial charge >= 0.3 is 0 Å². The Balaban J connectivity index is 2.00. The molecule has 1 aliphatic rings. The summed E-state index contributed by atoms with van der Waals surface area (Å²) in [5, 5.41) is 7.13. The molecular formula is C16H23ClN2O. The highest BCUT2D eigenvalue weighted by Crippen LogP contribution is 2.34. The Morgan fingerprint density at radius 3 is 2.70 bits per heavy atom. The first-order chi connectivity index (χ1) is 9.68. The smallest absolute Gasteiger partial charge is 0.226 e. The highest BCUT2D eigenvalue weighted by atomic mass is 35.5. The quantitative estimate of drug-likeness (QED) is 0.876. The lowest BCUT2D eigenvalue weighted by atomic mass is 9.74. The lowest BCUT2D eigenvalue weighted by Gasteiger charge is -2.36. The molecule has 0 bridgehead atoms. The summed E-state index contributed by atoms with van der Waals surface area (Å²) in [6, 6.07) is 7.66. The lowest BCUT2D eigenvalue weighted by molar-refractivity contribution is -0.133. The van der Waals surface area contributed by atoms with E-state index in [0.717, 1.165) is 44.3 Å². The van der Waals surface area contributed by atoms with Crippen LogP contribution in [0, 0.1) is 5.41 Å². The van der Waals surface area contributed by atoms with E-state index in [2.05, 4.69) is 17.6 Å². The minimum Gasteiger partial charge on any atom is -0.351 e. The molecule has 0 unspecified atom stereocenters. The Bertz CT molecular complexity index is 450. The molecule has 4 heteroatoms. The molecule has 1 saturated heterocycles. The minimum atomic E-state index is -0.193.